The van der Waals surface area contributed by atoms with Crippen LogP contribution in [0.3, 0.4) is 0 Å². The number of benzene rings is 1. The van der Waals surface area contributed by atoms with Crippen LogP contribution in [0.25, 0.3) is 0 Å². The van der Waals surface area contributed by atoms with Crippen molar-refractivity contribution in [3.05, 3.63) is 29.8 Å². The molecule has 3 heteroatoms. The Morgan fingerprint density at radius 1 is 1.42 bits per heavy atom. The van der Waals surface area contributed by atoms with Crippen LogP contribution in [0, 0.1) is 0 Å². The molecule has 1 aromatic carbocycles. The summed E-state index contributed by atoms with van der Waals surface area (Å²) in [5.74, 6) is 0. The molecule has 2 nitrogen and oxygen atoms in total. The molecule has 0 saturated carbocycles. The largest absolute Gasteiger partial charge is 0.383 e. The lowest BCUT2D eigenvalue weighted by Crippen LogP contribution is -2.15. The second-order valence-electron chi connectivity index (χ2n) is 2.65. The molecule has 2 N–H and O–H groups in total. The molecular weight excluding hydrogens is 170 g/mol. The molecule has 12 heavy (non-hydrogen) atoms. The number of ether oxygens (including phenoxy) is 1. The maximum Gasteiger partial charge on any atom is 0.0655 e. The van der Waals surface area contributed by atoms with Gasteiger partial charge < -0.3 is 10.5 Å². The van der Waals surface area contributed by atoms with Crippen molar-refractivity contribution in [3.63, 3.8) is 0 Å². The van der Waals surface area contributed by atoms with E-state index < -0.39 is 0 Å². The van der Waals surface area contributed by atoms with Crippen molar-refractivity contribution in [1.82, 2.24) is 0 Å². The average molecular weight is 183 g/mol. The molecule has 0 aliphatic heterocycles. The lowest BCUT2D eigenvalue weighted by Gasteiger charge is -2.10. The fourth-order valence-corrected chi connectivity index (χ4v) is 1.15. The predicted molar refractivity (Wildman–Crippen MR) is 52.5 cm³/mol. The van der Waals surface area contributed by atoms with Crippen molar-refractivity contribution in [2.75, 3.05) is 13.7 Å². The molecule has 0 heterocycles. The molecule has 0 radical (unpaired) electrons. The van der Waals surface area contributed by atoms with Crippen LogP contribution in [-0.2, 0) is 4.74 Å². The normalized spacial score (nSPS) is 12.9. The van der Waals surface area contributed by atoms with Crippen LogP contribution in [0.1, 0.15) is 11.6 Å². The maximum atomic E-state index is 5.81. The van der Waals surface area contributed by atoms with Gasteiger partial charge in [-0.2, -0.15) is 0 Å². The Bertz CT molecular complexity index is 235. The minimum atomic E-state index is -0.0380. The Morgan fingerprint density at radius 3 is 2.50 bits per heavy atom. The van der Waals surface area contributed by atoms with E-state index in [-0.39, 0.29) is 6.04 Å². The first-order valence-electron chi connectivity index (χ1n) is 3.77. The van der Waals surface area contributed by atoms with Crippen molar-refractivity contribution in [2.24, 2.45) is 5.73 Å². The van der Waals surface area contributed by atoms with Crippen LogP contribution in [0.2, 0.25) is 0 Å². The zero-order valence-electron chi connectivity index (χ0n) is 7.03. The Morgan fingerprint density at radius 2 is 2.00 bits per heavy atom. The molecule has 0 aliphatic rings. The molecule has 0 bridgehead atoms. The van der Waals surface area contributed by atoms with E-state index >= 15 is 0 Å². The van der Waals surface area contributed by atoms with Gasteiger partial charge in [0.15, 0.2) is 0 Å². The van der Waals surface area contributed by atoms with Gasteiger partial charge in [-0.25, -0.2) is 0 Å². The summed E-state index contributed by atoms with van der Waals surface area (Å²) < 4.78 is 4.94. The van der Waals surface area contributed by atoms with Crippen molar-refractivity contribution < 1.29 is 4.74 Å². The summed E-state index contributed by atoms with van der Waals surface area (Å²) in [6, 6.07) is 7.74. The highest BCUT2D eigenvalue weighted by molar-refractivity contribution is 7.80. The van der Waals surface area contributed by atoms with Crippen LogP contribution >= 0.6 is 12.6 Å². The van der Waals surface area contributed by atoms with Gasteiger partial charge >= 0.3 is 0 Å². The first-order chi connectivity index (χ1) is 5.74. The summed E-state index contributed by atoms with van der Waals surface area (Å²) in [7, 11) is 1.65. The third-order valence-corrected chi connectivity index (χ3v) is 1.97. The summed E-state index contributed by atoms with van der Waals surface area (Å²) in [5, 5.41) is 0. The second-order valence-corrected chi connectivity index (χ2v) is 3.17. The van der Waals surface area contributed by atoms with Crippen LogP contribution < -0.4 is 5.73 Å². The molecule has 0 unspecified atom stereocenters. The molecule has 1 rings (SSSR count). The zero-order valence-corrected chi connectivity index (χ0v) is 7.92. The molecular formula is C9H13NOS. The summed E-state index contributed by atoms with van der Waals surface area (Å²) in [5.41, 5.74) is 6.88. The van der Waals surface area contributed by atoms with E-state index in [9.17, 15) is 0 Å². The van der Waals surface area contributed by atoms with E-state index in [4.69, 9.17) is 10.5 Å². The summed E-state index contributed by atoms with van der Waals surface area (Å²) in [4.78, 5) is 0.948. The van der Waals surface area contributed by atoms with Crippen LogP contribution in [-0.4, -0.2) is 13.7 Å². The maximum absolute atomic E-state index is 5.81. The Balaban J connectivity index is 2.68. The molecule has 66 valence electrons. The average Bonchev–Trinajstić information content (AvgIpc) is 2.06. The monoisotopic (exact) mass is 183 g/mol. The van der Waals surface area contributed by atoms with Crippen molar-refractivity contribution in [3.8, 4) is 0 Å². The smallest absolute Gasteiger partial charge is 0.0655 e. The third-order valence-electron chi connectivity index (χ3n) is 1.67. The van der Waals surface area contributed by atoms with E-state index in [0.29, 0.717) is 6.61 Å². The summed E-state index contributed by atoms with van der Waals surface area (Å²) >= 11 is 4.18. The van der Waals surface area contributed by atoms with E-state index in [1.165, 1.54) is 0 Å². The molecule has 1 aromatic rings. The van der Waals surface area contributed by atoms with Gasteiger partial charge in [0.05, 0.1) is 12.6 Å². The van der Waals surface area contributed by atoms with E-state index in [0.717, 1.165) is 10.5 Å². The lowest BCUT2D eigenvalue weighted by atomic mass is 10.1. The van der Waals surface area contributed by atoms with Crippen LogP contribution in [0.15, 0.2) is 29.2 Å². The fraction of sp³-hybridized carbons (Fsp3) is 0.333. The number of hydrogen-bond acceptors (Lipinski definition) is 3. The van der Waals surface area contributed by atoms with Gasteiger partial charge in [0.1, 0.15) is 0 Å². The number of nitrogens with two attached hydrogens (primary N) is 1. The fourth-order valence-electron chi connectivity index (χ4n) is 0.997. The Hall–Kier alpha value is -0.510. The van der Waals surface area contributed by atoms with Gasteiger partial charge in [0.25, 0.3) is 0 Å². The van der Waals surface area contributed by atoms with E-state index in [1.807, 2.05) is 24.3 Å². The second kappa shape index (κ2) is 4.50. The van der Waals surface area contributed by atoms with Gasteiger partial charge in [0.2, 0.25) is 0 Å². The highest BCUT2D eigenvalue weighted by Crippen LogP contribution is 2.13. The minimum absolute atomic E-state index is 0.0380. The Labute approximate surface area is 78.1 Å². The molecule has 0 saturated heterocycles. The first kappa shape index (κ1) is 9.58. The van der Waals surface area contributed by atoms with Gasteiger partial charge in [0, 0.05) is 12.0 Å². The quantitative estimate of drug-likeness (QED) is 0.698. The summed E-state index contributed by atoms with van der Waals surface area (Å²) in [6.45, 7) is 0.548. The van der Waals surface area contributed by atoms with Crippen LogP contribution in [0.4, 0.5) is 0 Å². The highest BCUT2D eigenvalue weighted by atomic mass is 32.1. The number of hydrogen-bond donors (Lipinski definition) is 2. The van der Waals surface area contributed by atoms with Crippen LogP contribution in [0.5, 0.6) is 0 Å². The molecule has 0 spiro atoms. The van der Waals surface area contributed by atoms with Crippen molar-refractivity contribution in [1.29, 1.82) is 0 Å². The molecule has 0 amide bonds. The van der Waals surface area contributed by atoms with Crippen molar-refractivity contribution in [2.45, 2.75) is 10.9 Å². The van der Waals surface area contributed by atoms with Gasteiger partial charge in [-0.1, -0.05) is 12.1 Å². The molecule has 0 aliphatic carbocycles. The predicted octanol–water partition coefficient (Wildman–Crippen LogP) is 1.62. The molecule has 0 fully saturated rings. The van der Waals surface area contributed by atoms with Crippen molar-refractivity contribution >= 4 is 12.6 Å². The van der Waals surface area contributed by atoms with Gasteiger partial charge in [-0.3, -0.25) is 0 Å². The standard InChI is InChI=1S/C9H13NOS/c1-11-6-9(10)7-2-4-8(12)5-3-7/h2-5,9,12H,6,10H2,1H3/t9-/m1/s1. The first-order valence-corrected chi connectivity index (χ1v) is 4.22. The zero-order chi connectivity index (χ0) is 8.97. The molecule has 0 aromatic heterocycles. The highest BCUT2D eigenvalue weighted by Gasteiger charge is 2.03. The van der Waals surface area contributed by atoms with E-state index in [1.54, 1.807) is 7.11 Å². The Kier molecular flexibility index (Phi) is 3.59. The van der Waals surface area contributed by atoms with Gasteiger partial charge in [-0.05, 0) is 17.7 Å². The number of methoxy groups -OCH3 is 1. The lowest BCUT2D eigenvalue weighted by molar-refractivity contribution is 0.181. The van der Waals surface area contributed by atoms with E-state index in [2.05, 4.69) is 12.6 Å². The SMILES string of the molecule is COC[C@@H](N)c1ccc(S)cc1. The third kappa shape index (κ3) is 2.52. The van der Waals surface area contributed by atoms with Gasteiger partial charge in [-0.15, -0.1) is 12.6 Å². The number of thiol groups is 1. The minimum Gasteiger partial charge on any atom is -0.383 e. The summed E-state index contributed by atoms with van der Waals surface area (Å²) in [6.07, 6.45) is 0. The molecule has 1 atom stereocenters. The number of rotatable bonds is 3. The topological polar surface area (TPSA) is 35.2 Å².